The van der Waals surface area contributed by atoms with Crippen molar-refractivity contribution in [2.45, 2.75) is 51.2 Å². The van der Waals surface area contributed by atoms with Gasteiger partial charge in [0.15, 0.2) is 0 Å². The van der Waals surface area contributed by atoms with Gasteiger partial charge in [0.2, 0.25) is 0 Å². The van der Waals surface area contributed by atoms with Gasteiger partial charge in [-0.1, -0.05) is 40.5 Å². The maximum absolute atomic E-state index is 5.96. The largest absolute Gasteiger partial charge is 0.329 e. The van der Waals surface area contributed by atoms with Crippen molar-refractivity contribution in [1.29, 1.82) is 0 Å². The average molecular weight is 311 g/mol. The van der Waals surface area contributed by atoms with Crippen molar-refractivity contribution in [1.82, 2.24) is 4.90 Å². The Labute approximate surface area is 119 Å². The molecule has 1 aromatic rings. The van der Waals surface area contributed by atoms with E-state index in [-0.39, 0.29) is 0 Å². The maximum atomic E-state index is 5.96. The quantitative estimate of drug-likeness (QED) is 0.922. The fourth-order valence-corrected chi connectivity index (χ4v) is 3.84. The molecule has 100 valence electrons. The van der Waals surface area contributed by atoms with Crippen LogP contribution in [-0.4, -0.2) is 23.5 Å². The molecule has 2 rings (SSSR count). The van der Waals surface area contributed by atoms with E-state index in [0.717, 1.165) is 6.54 Å². The Balaban J connectivity index is 2.25. The summed E-state index contributed by atoms with van der Waals surface area (Å²) in [5.74, 6) is 0. The highest BCUT2D eigenvalue weighted by Gasteiger charge is 2.31. The number of piperidine rings is 1. The van der Waals surface area contributed by atoms with Gasteiger partial charge in [0.1, 0.15) is 0 Å². The van der Waals surface area contributed by atoms with Crippen molar-refractivity contribution in [2.75, 3.05) is 6.54 Å². The highest BCUT2D eigenvalue weighted by atomic mass is 79.9. The van der Waals surface area contributed by atoms with E-state index in [0.29, 0.717) is 18.1 Å². The average Bonchev–Trinajstić information content (AvgIpc) is 2.38. The maximum Gasteiger partial charge on any atom is 0.0337 e. The van der Waals surface area contributed by atoms with Crippen LogP contribution in [0.2, 0.25) is 0 Å². The van der Waals surface area contributed by atoms with Crippen LogP contribution in [0.25, 0.3) is 0 Å². The highest BCUT2D eigenvalue weighted by molar-refractivity contribution is 9.10. The number of rotatable bonds is 3. The van der Waals surface area contributed by atoms with E-state index in [2.05, 4.69) is 58.9 Å². The van der Waals surface area contributed by atoms with Crippen LogP contribution < -0.4 is 5.73 Å². The Morgan fingerprint density at radius 3 is 2.78 bits per heavy atom. The summed E-state index contributed by atoms with van der Waals surface area (Å²) in [6, 6.07) is 10.1. The van der Waals surface area contributed by atoms with Gasteiger partial charge in [-0.2, -0.15) is 0 Å². The predicted molar refractivity (Wildman–Crippen MR) is 80.6 cm³/mol. The third-order valence-electron chi connectivity index (χ3n) is 4.16. The minimum absolute atomic E-state index is 0.421. The summed E-state index contributed by atoms with van der Waals surface area (Å²) in [6.45, 7) is 5.39. The molecular weight excluding hydrogens is 288 g/mol. The highest BCUT2D eigenvalue weighted by Crippen LogP contribution is 2.34. The van der Waals surface area contributed by atoms with Crippen molar-refractivity contribution in [3.63, 3.8) is 0 Å². The fraction of sp³-hybridized carbons (Fsp3) is 0.600. The van der Waals surface area contributed by atoms with E-state index in [1.165, 1.54) is 29.3 Å². The van der Waals surface area contributed by atoms with Gasteiger partial charge in [-0.25, -0.2) is 0 Å². The van der Waals surface area contributed by atoms with Crippen LogP contribution in [-0.2, 0) is 0 Å². The zero-order valence-electron chi connectivity index (χ0n) is 11.3. The van der Waals surface area contributed by atoms with Crippen LogP contribution in [0.3, 0.4) is 0 Å². The number of likely N-dealkylation sites (tertiary alicyclic amines) is 1. The van der Waals surface area contributed by atoms with Crippen molar-refractivity contribution in [3.8, 4) is 0 Å². The lowest BCUT2D eigenvalue weighted by Crippen LogP contribution is -2.49. The minimum atomic E-state index is 0.421. The molecular formula is C15H23BrN2. The van der Waals surface area contributed by atoms with E-state index in [9.17, 15) is 0 Å². The number of benzene rings is 1. The lowest BCUT2D eigenvalue weighted by molar-refractivity contribution is 0.0567. The molecule has 2 nitrogen and oxygen atoms in total. The molecule has 3 unspecified atom stereocenters. The molecule has 1 saturated heterocycles. The number of hydrogen-bond donors (Lipinski definition) is 1. The Bertz CT molecular complexity index is 394. The lowest BCUT2D eigenvalue weighted by Gasteiger charge is -2.44. The SMILES string of the molecule is CC1CCCC(CN)N1C(C)c1ccccc1Br. The van der Waals surface area contributed by atoms with Gasteiger partial charge < -0.3 is 5.73 Å². The van der Waals surface area contributed by atoms with Crippen LogP contribution in [0.4, 0.5) is 0 Å². The summed E-state index contributed by atoms with van der Waals surface area (Å²) in [6.07, 6.45) is 3.82. The van der Waals surface area contributed by atoms with Gasteiger partial charge in [0, 0.05) is 29.1 Å². The van der Waals surface area contributed by atoms with E-state index in [4.69, 9.17) is 5.73 Å². The van der Waals surface area contributed by atoms with Gasteiger partial charge in [-0.15, -0.1) is 0 Å². The molecule has 0 bridgehead atoms. The van der Waals surface area contributed by atoms with E-state index >= 15 is 0 Å². The first-order valence-corrected chi connectivity index (χ1v) is 7.66. The molecule has 0 spiro atoms. The first-order valence-electron chi connectivity index (χ1n) is 6.87. The first-order chi connectivity index (χ1) is 8.65. The molecule has 1 aromatic carbocycles. The van der Waals surface area contributed by atoms with Gasteiger partial charge in [0.05, 0.1) is 0 Å². The van der Waals surface area contributed by atoms with Gasteiger partial charge in [0.25, 0.3) is 0 Å². The molecule has 1 aliphatic rings. The molecule has 3 atom stereocenters. The predicted octanol–water partition coefficient (Wildman–Crippen LogP) is 3.71. The van der Waals surface area contributed by atoms with Crippen LogP contribution >= 0.6 is 15.9 Å². The number of nitrogens with two attached hydrogens (primary N) is 1. The Morgan fingerprint density at radius 2 is 2.11 bits per heavy atom. The number of nitrogens with zero attached hydrogens (tertiary/aromatic N) is 1. The fourth-order valence-electron chi connectivity index (χ4n) is 3.22. The molecule has 1 aliphatic heterocycles. The van der Waals surface area contributed by atoms with Crippen molar-refractivity contribution >= 4 is 15.9 Å². The molecule has 1 fully saturated rings. The first kappa shape index (κ1) is 14.0. The summed E-state index contributed by atoms with van der Waals surface area (Å²) < 4.78 is 1.20. The molecule has 18 heavy (non-hydrogen) atoms. The second-order valence-corrected chi connectivity index (χ2v) is 6.17. The topological polar surface area (TPSA) is 29.3 Å². The van der Waals surface area contributed by atoms with Crippen molar-refractivity contribution in [3.05, 3.63) is 34.3 Å². The Morgan fingerprint density at radius 1 is 1.39 bits per heavy atom. The summed E-state index contributed by atoms with van der Waals surface area (Å²) in [5, 5.41) is 0. The second-order valence-electron chi connectivity index (χ2n) is 5.31. The van der Waals surface area contributed by atoms with Gasteiger partial charge in [-0.05, 0) is 38.3 Å². The normalized spacial score (nSPS) is 27.1. The lowest BCUT2D eigenvalue weighted by atomic mass is 9.92. The monoisotopic (exact) mass is 310 g/mol. The minimum Gasteiger partial charge on any atom is -0.329 e. The molecule has 0 radical (unpaired) electrons. The Kier molecular flexibility index (Phi) is 4.82. The van der Waals surface area contributed by atoms with Gasteiger partial charge >= 0.3 is 0 Å². The molecule has 1 heterocycles. The second kappa shape index (κ2) is 6.18. The number of halogens is 1. The molecule has 3 heteroatoms. The molecule has 0 aromatic heterocycles. The van der Waals surface area contributed by atoms with Crippen LogP contribution in [0.5, 0.6) is 0 Å². The summed E-state index contributed by atoms with van der Waals surface area (Å²) in [4.78, 5) is 2.60. The molecule has 2 N–H and O–H groups in total. The smallest absolute Gasteiger partial charge is 0.0337 e. The summed E-state index contributed by atoms with van der Waals surface area (Å²) >= 11 is 3.67. The third kappa shape index (κ3) is 2.79. The van der Waals surface area contributed by atoms with E-state index in [1.54, 1.807) is 0 Å². The van der Waals surface area contributed by atoms with Crippen molar-refractivity contribution in [2.24, 2.45) is 5.73 Å². The third-order valence-corrected chi connectivity index (χ3v) is 4.89. The molecule has 0 aliphatic carbocycles. The number of hydrogen-bond acceptors (Lipinski definition) is 2. The standard InChI is InChI=1S/C15H23BrN2/c1-11-6-5-7-13(10-17)18(11)12(2)14-8-3-4-9-15(14)16/h3-4,8-9,11-13H,5-7,10,17H2,1-2H3. The van der Waals surface area contributed by atoms with Gasteiger partial charge in [-0.3, -0.25) is 4.90 Å². The summed E-state index contributed by atoms with van der Waals surface area (Å²) in [5.41, 5.74) is 7.32. The zero-order chi connectivity index (χ0) is 13.1. The van der Waals surface area contributed by atoms with Crippen LogP contribution in [0.15, 0.2) is 28.7 Å². The van der Waals surface area contributed by atoms with E-state index in [1.807, 2.05) is 0 Å². The summed E-state index contributed by atoms with van der Waals surface area (Å²) in [7, 11) is 0. The zero-order valence-corrected chi connectivity index (χ0v) is 12.9. The van der Waals surface area contributed by atoms with E-state index < -0.39 is 0 Å². The molecule has 0 saturated carbocycles. The van der Waals surface area contributed by atoms with Crippen molar-refractivity contribution < 1.29 is 0 Å². The van der Waals surface area contributed by atoms with Crippen LogP contribution in [0.1, 0.15) is 44.7 Å². The Hall–Kier alpha value is -0.380. The van der Waals surface area contributed by atoms with Crippen LogP contribution in [0, 0.1) is 0 Å². The molecule has 0 amide bonds.